The molecule has 2 fully saturated rings. The number of carbonyl (C=O) groups excluding carboxylic acids is 1. The number of Topliss-reactive ketones (excluding diaryl/α,β-unsaturated/α-hetero) is 1. The van der Waals surface area contributed by atoms with Crippen LogP contribution in [-0.2, 0) is 9.59 Å². The first-order chi connectivity index (χ1) is 7.28. The van der Waals surface area contributed by atoms with Gasteiger partial charge in [0.15, 0.2) is 5.78 Å². The van der Waals surface area contributed by atoms with Gasteiger partial charge >= 0.3 is 5.97 Å². The van der Waals surface area contributed by atoms with Gasteiger partial charge in [0.1, 0.15) is 0 Å². The lowest BCUT2D eigenvalue weighted by atomic mass is 9.65. The van der Waals surface area contributed by atoms with Gasteiger partial charge in [-0.25, -0.2) is 0 Å². The second kappa shape index (κ2) is 3.31. The number of fused-ring (bicyclic) bond motifs is 2. The van der Waals surface area contributed by atoms with E-state index in [-0.39, 0.29) is 5.78 Å². The van der Waals surface area contributed by atoms with Gasteiger partial charge in [-0.3, -0.25) is 9.59 Å². The number of aliphatic carboxylic acids is 1. The molecule has 2 rings (SSSR count). The highest BCUT2D eigenvalue weighted by atomic mass is 79.9. The van der Waals surface area contributed by atoms with Crippen LogP contribution in [0.2, 0.25) is 0 Å². The number of carbonyl (C=O) groups is 2. The van der Waals surface area contributed by atoms with Gasteiger partial charge in [0, 0.05) is 10.7 Å². The molecule has 2 bridgehead atoms. The summed E-state index contributed by atoms with van der Waals surface area (Å²) in [6.07, 6.45) is 1.24. The summed E-state index contributed by atoms with van der Waals surface area (Å²) in [4.78, 5) is 23.4. The number of ketones is 1. The zero-order valence-electron chi connectivity index (χ0n) is 9.22. The fraction of sp³-hybridized carbons (Fsp3) is 0.818. The van der Waals surface area contributed by atoms with E-state index in [1.165, 1.54) is 0 Å². The van der Waals surface area contributed by atoms with Crippen molar-refractivity contribution in [2.75, 3.05) is 5.33 Å². The molecule has 90 valence electrons. The fourth-order valence-corrected chi connectivity index (χ4v) is 6.28. The number of rotatable bonds is 2. The lowest BCUT2D eigenvalue weighted by Crippen LogP contribution is -2.45. The smallest absolute Gasteiger partial charge is 0.311 e. The molecule has 0 aromatic rings. The number of hydrogen-bond acceptors (Lipinski definition) is 2. The molecule has 3 atom stereocenters. The number of alkyl halides is 2. The van der Waals surface area contributed by atoms with Gasteiger partial charge in [0.25, 0.3) is 0 Å². The predicted octanol–water partition coefficient (Wildman–Crippen LogP) is 2.60. The summed E-state index contributed by atoms with van der Waals surface area (Å²) in [5.41, 5.74) is -1.99. The van der Waals surface area contributed by atoms with E-state index in [0.29, 0.717) is 18.2 Å². The van der Waals surface area contributed by atoms with Crippen LogP contribution < -0.4 is 0 Å². The predicted molar refractivity (Wildman–Crippen MR) is 67.0 cm³/mol. The van der Waals surface area contributed by atoms with E-state index in [1.807, 2.05) is 13.8 Å². The maximum Gasteiger partial charge on any atom is 0.311 e. The van der Waals surface area contributed by atoms with Gasteiger partial charge in [-0.2, -0.15) is 0 Å². The monoisotopic (exact) mass is 352 g/mol. The van der Waals surface area contributed by atoms with Gasteiger partial charge in [-0.05, 0) is 18.3 Å². The van der Waals surface area contributed by atoms with Gasteiger partial charge in [-0.1, -0.05) is 45.7 Å². The van der Waals surface area contributed by atoms with Crippen molar-refractivity contribution in [1.29, 1.82) is 0 Å². The van der Waals surface area contributed by atoms with E-state index in [2.05, 4.69) is 31.9 Å². The first kappa shape index (κ1) is 12.6. The van der Waals surface area contributed by atoms with Gasteiger partial charge in [0.2, 0.25) is 0 Å². The average molecular weight is 354 g/mol. The lowest BCUT2D eigenvalue weighted by Gasteiger charge is -2.38. The molecule has 2 aliphatic rings. The van der Waals surface area contributed by atoms with Crippen LogP contribution in [0.1, 0.15) is 26.7 Å². The Bertz CT molecular complexity index is 379. The standard InChI is InChI=1S/C11H14Br2O3/c1-9(2)10(5-12)3-4-11(9,8(15)16)6(13)7(10)14/h6H,3-5H2,1-2H3,(H,15,16)/t6-,10-,11-/m1/s1. The second-order valence-electron chi connectivity index (χ2n) is 5.34. The summed E-state index contributed by atoms with van der Waals surface area (Å²) in [5.74, 6) is -0.809. The number of carboxylic acid groups (broad SMARTS) is 1. The van der Waals surface area contributed by atoms with Crippen molar-refractivity contribution in [2.24, 2.45) is 16.2 Å². The first-order valence-corrected chi connectivity index (χ1v) is 7.29. The number of carboxylic acids is 1. The van der Waals surface area contributed by atoms with Crippen LogP contribution >= 0.6 is 31.9 Å². The summed E-state index contributed by atoms with van der Waals surface area (Å²) in [5, 5.41) is 10.1. The maximum atomic E-state index is 12.3. The van der Waals surface area contributed by atoms with Crippen LogP contribution in [-0.4, -0.2) is 27.0 Å². The SMILES string of the molecule is CC1(C)[C@@]2(CBr)CC[C@]1(C(=O)O)[C@H](Br)C2=O. The third-order valence-corrected chi connectivity index (χ3v) is 7.16. The van der Waals surface area contributed by atoms with Crippen molar-refractivity contribution >= 4 is 43.6 Å². The Morgan fingerprint density at radius 3 is 2.38 bits per heavy atom. The van der Waals surface area contributed by atoms with Crippen LogP contribution in [0.4, 0.5) is 0 Å². The van der Waals surface area contributed by atoms with Crippen molar-refractivity contribution < 1.29 is 14.7 Å². The van der Waals surface area contributed by atoms with Gasteiger partial charge < -0.3 is 5.11 Å². The Kier molecular flexibility index (Phi) is 2.60. The van der Waals surface area contributed by atoms with E-state index >= 15 is 0 Å². The summed E-state index contributed by atoms with van der Waals surface area (Å²) < 4.78 is 0. The van der Waals surface area contributed by atoms with Crippen LogP contribution in [0, 0.1) is 16.2 Å². The summed E-state index contributed by atoms with van der Waals surface area (Å²) >= 11 is 6.72. The first-order valence-electron chi connectivity index (χ1n) is 5.26. The minimum Gasteiger partial charge on any atom is -0.481 e. The molecular formula is C11H14Br2O3. The highest BCUT2D eigenvalue weighted by molar-refractivity contribution is 9.10. The highest BCUT2D eigenvalue weighted by Crippen LogP contribution is 2.72. The van der Waals surface area contributed by atoms with Crippen LogP contribution in [0.3, 0.4) is 0 Å². The molecule has 0 aromatic heterocycles. The van der Waals surface area contributed by atoms with Crippen LogP contribution in [0.5, 0.6) is 0 Å². The fourth-order valence-electron chi connectivity index (χ4n) is 3.59. The van der Waals surface area contributed by atoms with E-state index in [1.54, 1.807) is 0 Å². The Hall–Kier alpha value is 0.1000. The van der Waals surface area contributed by atoms with Crippen LogP contribution in [0.15, 0.2) is 0 Å². The molecule has 2 saturated carbocycles. The molecule has 1 N–H and O–H groups in total. The maximum absolute atomic E-state index is 12.3. The normalized spacial score (nSPS) is 45.0. The van der Waals surface area contributed by atoms with Crippen molar-refractivity contribution in [1.82, 2.24) is 0 Å². The zero-order valence-corrected chi connectivity index (χ0v) is 12.4. The topological polar surface area (TPSA) is 54.4 Å². The quantitative estimate of drug-likeness (QED) is 0.776. The molecule has 0 unspecified atom stereocenters. The molecule has 0 heterocycles. The molecule has 0 radical (unpaired) electrons. The van der Waals surface area contributed by atoms with Crippen molar-refractivity contribution in [3.8, 4) is 0 Å². The Morgan fingerprint density at radius 2 is 2.06 bits per heavy atom. The molecule has 0 aromatic carbocycles. The Balaban J connectivity index is 2.67. The Morgan fingerprint density at radius 1 is 1.50 bits per heavy atom. The highest BCUT2D eigenvalue weighted by Gasteiger charge is 2.78. The molecule has 0 spiro atoms. The van der Waals surface area contributed by atoms with Crippen LogP contribution in [0.25, 0.3) is 0 Å². The molecule has 3 nitrogen and oxygen atoms in total. The minimum absolute atomic E-state index is 0.0445. The molecule has 2 aliphatic carbocycles. The average Bonchev–Trinajstić information content (AvgIpc) is 2.51. The van der Waals surface area contributed by atoms with E-state index < -0.39 is 27.0 Å². The third-order valence-electron chi connectivity index (χ3n) is 5.00. The molecule has 0 saturated heterocycles. The molecule has 16 heavy (non-hydrogen) atoms. The van der Waals surface area contributed by atoms with Crippen molar-refractivity contribution in [3.05, 3.63) is 0 Å². The third kappa shape index (κ3) is 0.964. The van der Waals surface area contributed by atoms with Crippen molar-refractivity contribution in [3.63, 3.8) is 0 Å². The lowest BCUT2D eigenvalue weighted by molar-refractivity contribution is -0.153. The van der Waals surface area contributed by atoms with Gasteiger partial charge in [0.05, 0.1) is 10.2 Å². The molecule has 5 heteroatoms. The summed E-state index contributed by atoms with van der Waals surface area (Å²) in [6.45, 7) is 3.82. The van der Waals surface area contributed by atoms with Gasteiger partial charge in [-0.15, -0.1) is 0 Å². The molecule has 0 aliphatic heterocycles. The number of hydrogen-bond donors (Lipinski definition) is 1. The van der Waals surface area contributed by atoms with E-state index in [9.17, 15) is 14.7 Å². The minimum atomic E-state index is -0.947. The van der Waals surface area contributed by atoms with E-state index in [4.69, 9.17) is 0 Å². The Labute approximate surface area is 111 Å². The zero-order chi connectivity index (χ0) is 12.4. The number of halogens is 2. The second-order valence-corrected chi connectivity index (χ2v) is 6.82. The largest absolute Gasteiger partial charge is 0.481 e. The summed E-state index contributed by atoms with van der Waals surface area (Å²) in [6, 6.07) is 0. The molecular weight excluding hydrogens is 340 g/mol. The summed E-state index contributed by atoms with van der Waals surface area (Å²) in [7, 11) is 0. The molecule has 0 amide bonds. The van der Waals surface area contributed by atoms with E-state index in [0.717, 1.165) is 0 Å². The van der Waals surface area contributed by atoms with Crippen molar-refractivity contribution in [2.45, 2.75) is 31.5 Å².